The molecule has 0 aliphatic carbocycles. The van der Waals surface area contributed by atoms with Gasteiger partial charge in [-0.2, -0.15) is 0 Å². The number of benzene rings is 2. The van der Waals surface area contributed by atoms with Crippen LogP contribution in [0.25, 0.3) is 0 Å². The second kappa shape index (κ2) is 5.12. The SMILES string of the molecule is O=S(=O)(Nc1cc(F)cc(F)c1)c1cc(F)ccc1F. The van der Waals surface area contributed by atoms with Crippen LogP contribution in [0.2, 0.25) is 0 Å². The topological polar surface area (TPSA) is 46.2 Å². The molecule has 3 nitrogen and oxygen atoms in total. The Labute approximate surface area is 111 Å². The maximum absolute atomic E-state index is 13.4. The lowest BCUT2D eigenvalue weighted by atomic mass is 10.3. The van der Waals surface area contributed by atoms with Crippen molar-refractivity contribution in [2.24, 2.45) is 0 Å². The summed E-state index contributed by atoms with van der Waals surface area (Å²) in [5, 5.41) is 0. The molecule has 0 spiro atoms. The molecule has 0 heterocycles. The molecule has 1 N–H and O–H groups in total. The molecule has 0 aliphatic heterocycles. The molecule has 0 bridgehead atoms. The molecular formula is C12H7F4NO2S. The van der Waals surface area contributed by atoms with Crippen LogP contribution in [0.1, 0.15) is 0 Å². The first kappa shape index (κ1) is 14.3. The highest BCUT2D eigenvalue weighted by molar-refractivity contribution is 7.92. The summed E-state index contributed by atoms with van der Waals surface area (Å²) in [5.41, 5.74) is -0.439. The Bertz CT molecular complexity index is 742. The molecule has 0 radical (unpaired) electrons. The molecule has 0 saturated carbocycles. The van der Waals surface area contributed by atoms with Crippen LogP contribution in [-0.2, 0) is 10.0 Å². The fourth-order valence-corrected chi connectivity index (χ4v) is 2.64. The van der Waals surface area contributed by atoms with Gasteiger partial charge in [0.1, 0.15) is 28.2 Å². The number of anilines is 1. The van der Waals surface area contributed by atoms with Crippen molar-refractivity contribution < 1.29 is 26.0 Å². The Morgan fingerprint density at radius 2 is 1.40 bits per heavy atom. The maximum atomic E-state index is 13.4. The van der Waals surface area contributed by atoms with E-state index in [1.807, 2.05) is 0 Å². The molecule has 2 rings (SSSR count). The lowest BCUT2D eigenvalue weighted by molar-refractivity contribution is 0.555. The van der Waals surface area contributed by atoms with Gasteiger partial charge in [-0.1, -0.05) is 0 Å². The van der Waals surface area contributed by atoms with Gasteiger partial charge in [-0.15, -0.1) is 0 Å². The summed E-state index contributed by atoms with van der Waals surface area (Å²) in [5.74, 6) is -4.17. The predicted octanol–water partition coefficient (Wildman–Crippen LogP) is 3.04. The van der Waals surface area contributed by atoms with Crippen molar-refractivity contribution >= 4 is 15.7 Å². The van der Waals surface area contributed by atoms with E-state index in [1.165, 1.54) is 0 Å². The summed E-state index contributed by atoms with van der Waals surface area (Å²) < 4.78 is 77.7. The van der Waals surface area contributed by atoms with Crippen LogP contribution in [0.3, 0.4) is 0 Å². The average molecular weight is 305 g/mol. The van der Waals surface area contributed by atoms with Crippen molar-refractivity contribution in [2.75, 3.05) is 4.72 Å². The van der Waals surface area contributed by atoms with Gasteiger partial charge >= 0.3 is 0 Å². The highest BCUT2D eigenvalue weighted by Crippen LogP contribution is 2.21. The smallest absolute Gasteiger partial charge is 0.264 e. The summed E-state index contributed by atoms with van der Waals surface area (Å²) in [6, 6.07) is 3.80. The predicted molar refractivity (Wildman–Crippen MR) is 63.5 cm³/mol. The Hall–Kier alpha value is -2.09. The van der Waals surface area contributed by atoms with E-state index in [2.05, 4.69) is 0 Å². The van der Waals surface area contributed by atoms with Crippen LogP contribution >= 0.6 is 0 Å². The van der Waals surface area contributed by atoms with Gasteiger partial charge in [0.25, 0.3) is 10.0 Å². The number of hydrogen-bond acceptors (Lipinski definition) is 2. The standard InChI is InChI=1S/C12H7F4NO2S/c13-7-1-2-11(16)12(6-7)20(18,19)17-10-4-8(14)3-9(15)5-10/h1-6,17H. The Morgan fingerprint density at radius 3 is 2.00 bits per heavy atom. The van der Waals surface area contributed by atoms with Gasteiger partial charge in [-0.3, -0.25) is 4.72 Å². The van der Waals surface area contributed by atoms with Gasteiger partial charge in [0.05, 0.1) is 5.69 Å². The van der Waals surface area contributed by atoms with Crippen LogP contribution < -0.4 is 4.72 Å². The van der Waals surface area contributed by atoms with Crippen LogP contribution in [0.15, 0.2) is 41.3 Å². The largest absolute Gasteiger partial charge is 0.279 e. The zero-order chi connectivity index (χ0) is 14.9. The van der Waals surface area contributed by atoms with Crippen molar-refractivity contribution in [1.82, 2.24) is 0 Å². The third kappa shape index (κ3) is 3.08. The van der Waals surface area contributed by atoms with E-state index in [-0.39, 0.29) is 0 Å². The van der Waals surface area contributed by atoms with Crippen LogP contribution in [0.4, 0.5) is 23.2 Å². The second-order valence-corrected chi connectivity index (χ2v) is 5.49. The Morgan fingerprint density at radius 1 is 0.800 bits per heavy atom. The van der Waals surface area contributed by atoms with E-state index in [0.717, 1.165) is 6.07 Å². The molecule has 0 unspecified atom stereocenters. The molecule has 2 aromatic carbocycles. The van der Waals surface area contributed by atoms with Crippen molar-refractivity contribution in [1.29, 1.82) is 0 Å². The number of rotatable bonds is 3. The number of hydrogen-bond donors (Lipinski definition) is 1. The first-order valence-corrected chi connectivity index (χ1v) is 6.70. The van der Waals surface area contributed by atoms with Gasteiger partial charge in [-0.05, 0) is 30.3 Å². The van der Waals surface area contributed by atoms with Gasteiger partial charge in [0, 0.05) is 6.07 Å². The van der Waals surface area contributed by atoms with E-state index in [9.17, 15) is 26.0 Å². The summed E-state index contributed by atoms with van der Waals surface area (Å²) in [7, 11) is -4.50. The fourth-order valence-electron chi connectivity index (χ4n) is 1.51. The minimum atomic E-state index is -4.50. The molecule has 2 aromatic rings. The van der Waals surface area contributed by atoms with Gasteiger partial charge < -0.3 is 0 Å². The molecule has 106 valence electrons. The molecule has 0 fully saturated rings. The fraction of sp³-hybridized carbons (Fsp3) is 0. The third-order valence-corrected chi connectivity index (χ3v) is 3.69. The van der Waals surface area contributed by atoms with Crippen LogP contribution in [0.5, 0.6) is 0 Å². The van der Waals surface area contributed by atoms with Crippen molar-refractivity contribution in [2.45, 2.75) is 4.90 Å². The summed E-state index contributed by atoms with van der Waals surface area (Å²) in [4.78, 5) is -0.956. The highest BCUT2D eigenvalue weighted by atomic mass is 32.2. The molecule has 0 aliphatic rings. The molecule has 20 heavy (non-hydrogen) atoms. The summed E-state index contributed by atoms with van der Waals surface area (Å²) >= 11 is 0. The van der Waals surface area contributed by atoms with Crippen molar-refractivity contribution in [3.8, 4) is 0 Å². The molecule has 0 saturated heterocycles. The quantitative estimate of drug-likeness (QED) is 0.886. The average Bonchev–Trinajstić information content (AvgIpc) is 2.30. The van der Waals surface area contributed by atoms with E-state index in [0.29, 0.717) is 30.3 Å². The third-order valence-electron chi connectivity index (χ3n) is 2.30. The normalized spacial score (nSPS) is 11.4. The van der Waals surface area contributed by atoms with Crippen LogP contribution in [0, 0.1) is 23.3 Å². The van der Waals surface area contributed by atoms with Gasteiger partial charge in [0.2, 0.25) is 0 Å². The lowest BCUT2D eigenvalue weighted by Gasteiger charge is -2.09. The zero-order valence-corrected chi connectivity index (χ0v) is 10.5. The Kier molecular flexibility index (Phi) is 3.67. The molecule has 8 heteroatoms. The van der Waals surface area contributed by atoms with Crippen LogP contribution in [-0.4, -0.2) is 8.42 Å². The lowest BCUT2D eigenvalue weighted by Crippen LogP contribution is -2.15. The molecular weight excluding hydrogens is 298 g/mol. The van der Waals surface area contributed by atoms with E-state index < -0.39 is 43.9 Å². The second-order valence-electron chi connectivity index (χ2n) is 3.84. The molecule has 0 amide bonds. The first-order chi connectivity index (χ1) is 9.28. The van der Waals surface area contributed by atoms with Crippen molar-refractivity contribution in [3.05, 3.63) is 59.7 Å². The van der Waals surface area contributed by atoms with Crippen molar-refractivity contribution in [3.63, 3.8) is 0 Å². The summed E-state index contributed by atoms with van der Waals surface area (Å²) in [6.45, 7) is 0. The maximum Gasteiger partial charge on any atom is 0.264 e. The number of halogens is 4. The van der Waals surface area contributed by atoms with E-state index in [4.69, 9.17) is 0 Å². The molecule has 0 aromatic heterocycles. The molecule has 0 atom stereocenters. The van der Waals surface area contributed by atoms with E-state index >= 15 is 0 Å². The van der Waals surface area contributed by atoms with Gasteiger partial charge in [0.15, 0.2) is 0 Å². The monoisotopic (exact) mass is 305 g/mol. The minimum absolute atomic E-state index is 0.439. The van der Waals surface area contributed by atoms with Gasteiger partial charge in [-0.25, -0.2) is 26.0 Å². The van der Waals surface area contributed by atoms with E-state index in [1.54, 1.807) is 4.72 Å². The zero-order valence-electron chi connectivity index (χ0n) is 9.70. The highest BCUT2D eigenvalue weighted by Gasteiger charge is 2.20. The first-order valence-electron chi connectivity index (χ1n) is 5.22. The number of sulfonamides is 1. The minimum Gasteiger partial charge on any atom is -0.279 e. The number of nitrogens with one attached hydrogen (secondary N) is 1. The summed E-state index contributed by atoms with van der Waals surface area (Å²) in [6.07, 6.45) is 0. The Balaban J connectivity index is 2.43.